The van der Waals surface area contributed by atoms with Gasteiger partial charge in [-0.05, 0) is 25.9 Å². The zero-order valence-electron chi connectivity index (χ0n) is 13.7. The van der Waals surface area contributed by atoms with Crippen LogP contribution in [0.15, 0.2) is 12.4 Å². The Labute approximate surface area is 136 Å². The highest BCUT2D eigenvalue weighted by molar-refractivity contribution is 5.77. The number of carbonyl (C=O) groups is 1. The summed E-state index contributed by atoms with van der Waals surface area (Å²) in [5, 5.41) is 13.5. The molecule has 3 rings (SSSR count). The first-order chi connectivity index (χ1) is 11.2. The maximum Gasteiger partial charge on any atom is 0.248 e. The van der Waals surface area contributed by atoms with E-state index in [2.05, 4.69) is 10.00 Å². The third-order valence-corrected chi connectivity index (χ3v) is 4.76. The van der Waals surface area contributed by atoms with E-state index >= 15 is 0 Å². The molecule has 7 heteroatoms. The molecule has 0 saturated carbocycles. The van der Waals surface area contributed by atoms with Crippen LogP contribution in [0.25, 0.3) is 0 Å². The quantitative estimate of drug-likeness (QED) is 0.855. The lowest BCUT2D eigenvalue weighted by Gasteiger charge is -2.43. The second-order valence-corrected chi connectivity index (χ2v) is 6.41. The normalized spacial score (nSPS) is 26.4. The first-order valence-electron chi connectivity index (χ1n) is 8.42. The third kappa shape index (κ3) is 3.73. The Bertz CT molecular complexity index is 527. The summed E-state index contributed by atoms with van der Waals surface area (Å²) < 4.78 is 7.77. The number of hydrogen-bond donors (Lipinski definition) is 1. The van der Waals surface area contributed by atoms with Crippen LogP contribution in [0, 0.1) is 0 Å². The van der Waals surface area contributed by atoms with Crippen molar-refractivity contribution >= 4 is 5.91 Å². The number of carbonyl (C=O) groups excluding carboxylic acids is 1. The van der Waals surface area contributed by atoms with Crippen LogP contribution in [0.3, 0.4) is 0 Å². The predicted molar refractivity (Wildman–Crippen MR) is 84.8 cm³/mol. The fraction of sp³-hybridized carbons (Fsp3) is 0.750. The number of ether oxygens (including phenoxy) is 1. The number of morpholine rings is 1. The van der Waals surface area contributed by atoms with Gasteiger partial charge >= 0.3 is 0 Å². The van der Waals surface area contributed by atoms with Crippen LogP contribution < -0.4 is 0 Å². The Kier molecular flexibility index (Phi) is 5.30. The number of aryl methyl sites for hydroxylation is 1. The smallest absolute Gasteiger partial charge is 0.248 e. The summed E-state index contributed by atoms with van der Waals surface area (Å²) in [6.45, 7) is 3.56. The number of rotatable bonds is 4. The second-order valence-electron chi connectivity index (χ2n) is 6.41. The number of aliphatic hydroxyl groups excluding tert-OH is 1. The van der Waals surface area contributed by atoms with Crippen LogP contribution in [-0.4, -0.2) is 76.1 Å². The molecule has 2 fully saturated rings. The van der Waals surface area contributed by atoms with Gasteiger partial charge in [-0.1, -0.05) is 6.42 Å². The minimum atomic E-state index is -0.465. The first-order valence-corrected chi connectivity index (χ1v) is 8.42. The Morgan fingerprint density at radius 2 is 2.13 bits per heavy atom. The van der Waals surface area contributed by atoms with Gasteiger partial charge in [-0.2, -0.15) is 5.10 Å². The van der Waals surface area contributed by atoms with Crippen molar-refractivity contribution in [3.63, 3.8) is 0 Å². The molecule has 1 N–H and O–H groups in total. The van der Waals surface area contributed by atoms with Gasteiger partial charge in [-0.3, -0.25) is 9.48 Å². The van der Waals surface area contributed by atoms with Crippen molar-refractivity contribution in [3.8, 4) is 0 Å². The molecule has 7 nitrogen and oxygen atoms in total. The molecule has 2 saturated heterocycles. The zero-order chi connectivity index (χ0) is 16.2. The molecule has 1 aromatic heterocycles. The van der Waals surface area contributed by atoms with E-state index in [9.17, 15) is 9.90 Å². The van der Waals surface area contributed by atoms with Crippen molar-refractivity contribution in [2.45, 2.75) is 31.4 Å². The minimum Gasteiger partial charge on any atom is -0.387 e. The predicted octanol–water partition coefficient (Wildman–Crippen LogP) is 0.167. The maximum atomic E-state index is 12.2. The van der Waals surface area contributed by atoms with Gasteiger partial charge < -0.3 is 19.6 Å². The highest BCUT2D eigenvalue weighted by Gasteiger charge is 2.37. The summed E-state index contributed by atoms with van der Waals surface area (Å²) >= 11 is 0. The minimum absolute atomic E-state index is 0.0819. The van der Waals surface area contributed by atoms with Crippen LogP contribution >= 0.6 is 0 Å². The number of nitrogens with zero attached hydrogens (tertiary/aromatic N) is 4. The average molecular weight is 322 g/mol. The Morgan fingerprint density at radius 1 is 1.35 bits per heavy atom. The maximum absolute atomic E-state index is 12.2. The van der Waals surface area contributed by atoms with Gasteiger partial charge in [0.25, 0.3) is 0 Å². The van der Waals surface area contributed by atoms with Gasteiger partial charge in [0.2, 0.25) is 5.91 Å². The second kappa shape index (κ2) is 7.42. The molecule has 1 aromatic rings. The number of likely N-dealkylation sites (tertiary alicyclic amines) is 1. The molecule has 0 unspecified atom stereocenters. The number of hydrogen-bond acceptors (Lipinski definition) is 5. The third-order valence-electron chi connectivity index (χ3n) is 4.76. The van der Waals surface area contributed by atoms with Gasteiger partial charge in [-0.15, -0.1) is 0 Å². The van der Waals surface area contributed by atoms with Gasteiger partial charge in [0.15, 0.2) is 0 Å². The Hall–Kier alpha value is -1.44. The van der Waals surface area contributed by atoms with Crippen molar-refractivity contribution < 1.29 is 14.6 Å². The van der Waals surface area contributed by atoms with E-state index in [-0.39, 0.29) is 18.1 Å². The highest BCUT2D eigenvalue weighted by atomic mass is 16.5. The Balaban J connectivity index is 1.81. The lowest BCUT2D eigenvalue weighted by atomic mass is 9.99. The van der Waals surface area contributed by atoms with Crippen LogP contribution in [0.2, 0.25) is 0 Å². The monoisotopic (exact) mass is 322 g/mol. The van der Waals surface area contributed by atoms with E-state index in [4.69, 9.17) is 4.74 Å². The molecular weight excluding hydrogens is 296 g/mol. The molecule has 0 aromatic carbocycles. The zero-order valence-corrected chi connectivity index (χ0v) is 13.7. The van der Waals surface area contributed by atoms with Gasteiger partial charge in [0.05, 0.1) is 24.9 Å². The molecule has 2 atom stereocenters. The van der Waals surface area contributed by atoms with Crippen molar-refractivity contribution in [3.05, 3.63) is 18.0 Å². The van der Waals surface area contributed by atoms with Gasteiger partial charge in [-0.25, -0.2) is 0 Å². The molecule has 0 spiro atoms. The summed E-state index contributed by atoms with van der Waals surface area (Å²) in [4.78, 5) is 16.3. The summed E-state index contributed by atoms with van der Waals surface area (Å²) in [5.74, 6) is -0.245. The molecule has 0 aliphatic carbocycles. The van der Waals surface area contributed by atoms with E-state index in [0.29, 0.717) is 13.2 Å². The molecule has 0 radical (unpaired) electrons. The van der Waals surface area contributed by atoms with Crippen molar-refractivity contribution in [1.29, 1.82) is 0 Å². The number of aromatic nitrogens is 2. The number of amides is 1. The number of piperidine rings is 1. The van der Waals surface area contributed by atoms with E-state index in [0.717, 1.165) is 25.2 Å². The number of aliphatic hydroxyl groups is 1. The summed E-state index contributed by atoms with van der Waals surface area (Å²) in [7, 11) is 1.87. The van der Waals surface area contributed by atoms with E-state index in [1.165, 1.54) is 19.3 Å². The van der Waals surface area contributed by atoms with Crippen molar-refractivity contribution in [2.75, 3.05) is 39.4 Å². The van der Waals surface area contributed by atoms with Gasteiger partial charge in [0.1, 0.15) is 6.61 Å². The summed E-state index contributed by atoms with van der Waals surface area (Å²) in [6, 6.07) is -0.181. The lowest BCUT2D eigenvalue weighted by molar-refractivity contribution is -0.151. The lowest BCUT2D eigenvalue weighted by Crippen LogP contribution is -2.52. The molecule has 2 aliphatic rings. The van der Waals surface area contributed by atoms with Gasteiger partial charge in [0, 0.05) is 31.9 Å². The molecular formula is C16H26N4O3. The van der Waals surface area contributed by atoms with Crippen molar-refractivity contribution in [1.82, 2.24) is 19.6 Å². The first kappa shape index (κ1) is 16.4. The molecule has 1 amide bonds. The largest absolute Gasteiger partial charge is 0.387 e. The Morgan fingerprint density at radius 3 is 2.78 bits per heavy atom. The molecule has 128 valence electrons. The van der Waals surface area contributed by atoms with Crippen LogP contribution in [-0.2, 0) is 16.6 Å². The van der Waals surface area contributed by atoms with E-state index in [1.54, 1.807) is 15.8 Å². The average Bonchev–Trinajstić information content (AvgIpc) is 3.01. The highest BCUT2D eigenvalue weighted by Crippen LogP contribution is 2.30. The molecule has 0 bridgehead atoms. The fourth-order valence-electron chi connectivity index (χ4n) is 3.64. The molecule has 2 aliphatic heterocycles. The molecule has 23 heavy (non-hydrogen) atoms. The van der Waals surface area contributed by atoms with Crippen LogP contribution in [0.5, 0.6) is 0 Å². The molecule has 3 heterocycles. The summed E-state index contributed by atoms with van der Waals surface area (Å²) in [6.07, 6.45) is 7.39. The summed E-state index contributed by atoms with van der Waals surface area (Å²) in [5.41, 5.74) is 0.969. The fourth-order valence-corrected chi connectivity index (χ4v) is 3.64. The van der Waals surface area contributed by atoms with E-state index in [1.807, 2.05) is 13.2 Å². The van der Waals surface area contributed by atoms with Crippen LogP contribution in [0.1, 0.15) is 30.9 Å². The standard InChI is InChI=1S/C16H26N4O3/c1-18-10-13(9-17-18)16-14(11-19-5-3-2-4-6-19)23-8-7-20(16)15(22)12-21/h9-10,14,16,21H,2-8,11-12H2,1H3/t14-,16-/m0/s1. The van der Waals surface area contributed by atoms with E-state index < -0.39 is 6.61 Å². The SMILES string of the molecule is Cn1cc([C@H]2[C@H](CN3CCCCC3)OCCN2C(=O)CO)cn1. The topological polar surface area (TPSA) is 70.8 Å². The van der Waals surface area contributed by atoms with Crippen molar-refractivity contribution in [2.24, 2.45) is 7.05 Å². The van der Waals surface area contributed by atoms with Crippen LogP contribution in [0.4, 0.5) is 0 Å².